The summed E-state index contributed by atoms with van der Waals surface area (Å²) in [6.45, 7) is 4.66. The van der Waals surface area contributed by atoms with Crippen LogP contribution in [0.25, 0.3) is 76.5 Å². The highest BCUT2D eigenvalue weighted by Gasteiger charge is 2.25. The van der Waals surface area contributed by atoms with Gasteiger partial charge < -0.3 is 4.42 Å². The Bertz CT molecular complexity index is 2480. The molecule has 0 radical (unpaired) electrons. The van der Waals surface area contributed by atoms with Gasteiger partial charge >= 0.3 is 0 Å². The van der Waals surface area contributed by atoms with Crippen molar-refractivity contribution >= 4 is 54.3 Å². The number of furan rings is 1. The summed E-state index contributed by atoms with van der Waals surface area (Å²) in [4.78, 5) is 0. The van der Waals surface area contributed by atoms with Crippen molar-refractivity contribution in [1.29, 1.82) is 0 Å². The topological polar surface area (TPSA) is 13.1 Å². The molecule has 1 aromatic heterocycles. The Kier molecular flexibility index (Phi) is 5.31. The summed E-state index contributed by atoms with van der Waals surface area (Å²) in [5.41, 5.74) is 9.16. The van der Waals surface area contributed by atoms with E-state index in [0.717, 1.165) is 27.5 Å². The van der Waals surface area contributed by atoms with Crippen LogP contribution in [-0.4, -0.2) is 0 Å². The molecule has 0 unspecified atom stereocenters. The van der Waals surface area contributed by atoms with Crippen molar-refractivity contribution in [3.8, 4) is 22.3 Å². The zero-order chi connectivity index (χ0) is 29.4. The molecule has 0 bridgehead atoms. The monoisotopic (exact) mass is 562 g/mol. The van der Waals surface area contributed by atoms with Crippen LogP contribution in [-0.2, 0) is 5.41 Å². The molecular weight excluding hydrogens is 532 g/mol. The third kappa shape index (κ3) is 3.59. The summed E-state index contributed by atoms with van der Waals surface area (Å²) in [7, 11) is 0. The summed E-state index contributed by atoms with van der Waals surface area (Å²) < 4.78 is 6.57. The Morgan fingerprint density at radius 2 is 1.07 bits per heavy atom. The molecule has 1 heteroatoms. The fourth-order valence-electron chi connectivity index (χ4n) is 7.34. The number of hydrogen-bond donors (Lipinski definition) is 0. The number of benzene rings is 8. The molecule has 1 heterocycles. The lowest BCUT2D eigenvalue weighted by atomic mass is 9.76. The van der Waals surface area contributed by atoms with Crippen LogP contribution in [0.5, 0.6) is 0 Å². The first-order valence-corrected chi connectivity index (χ1v) is 15.4. The van der Waals surface area contributed by atoms with Crippen molar-refractivity contribution in [3.05, 3.63) is 157 Å². The first-order chi connectivity index (χ1) is 21.6. The van der Waals surface area contributed by atoms with E-state index < -0.39 is 0 Å². The summed E-state index contributed by atoms with van der Waals surface area (Å²) in [5, 5.41) is 10.0. The summed E-state index contributed by atoms with van der Waals surface area (Å²) in [5.74, 6) is 0. The van der Waals surface area contributed by atoms with Crippen molar-refractivity contribution in [3.63, 3.8) is 0 Å². The first-order valence-electron chi connectivity index (χ1n) is 15.4. The second kappa shape index (κ2) is 9.30. The normalized spacial score (nSPS) is 12.3. The van der Waals surface area contributed by atoms with E-state index in [4.69, 9.17) is 4.42 Å². The molecule has 9 rings (SSSR count). The van der Waals surface area contributed by atoms with Crippen LogP contribution in [0.1, 0.15) is 25.0 Å². The van der Waals surface area contributed by atoms with Crippen LogP contribution in [0, 0.1) is 0 Å². The Balaban J connectivity index is 1.39. The molecule has 0 amide bonds. The smallest absolute Gasteiger partial charge is 0.143 e. The molecule has 0 saturated heterocycles. The van der Waals surface area contributed by atoms with Gasteiger partial charge in [-0.3, -0.25) is 0 Å². The van der Waals surface area contributed by atoms with Gasteiger partial charge in [-0.2, -0.15) is 0 Å². The predicted molar refractivity (Wildman–Crippen MR) is 187 cm³/mol. The van der Waals surface area contributed by atoms with Gasteiger partial charge in [-0.25, -0.2) is 0 Å². The number of rotatable bonds is 4. The van der Waals surface area contributed by atoms with Crippen LogP contribution >= 0.6 is 0 Å². The zero-order valence-electron chi connectivity index (χ0n) is 24.8. The maximum Gasteiger partial charge on any atom is 0.143 e. The molecule has 0 N–H and O–H groups in total. The van der Waals surface area contributed by atoms with Crippen molar-refractivity contribution in [2.24, 2.45) is 0 Å². The SMILES string of the molecule is CC(C)(c1ccccc1)c1cc2ccc3c(-c4ccccc4)cc(-c4cccc5c4oc4ccccc45)c4ccc(c1)c2c34. The van der Waals surface area contributed by atoms with Gasteiger partial charge in [-0.1, -0.05) is 147 Å². The molecule has 0 spiro atoms. The fraction of sp³-hybridized carbons (Fsp3) is 0.0698. The minimum atomic E-state index is -0.122. The number of para-hydroxylation sites is 2. The van der Waals surface area contributed by atoms with Gasteiger partial charge in [0.15, 0.2) is 0 Å². The molecule has 8 aromatic carbocycles. The molecule has 0 atom stereocenters. The van der Waals surface area contributed by atoms with Gasteiger partial charge in [0.05, 0.1) is 0 Å². The highest BCUT2D eigenvalue weighted by molar-refractivity contribution is 6.29. The molecule has 0 aliphatic carbocycles. The first kappa shape index (κ1) is 25.1. The standard InChI is InChI=1S/C43H30O/c1-43(2,30-14-7-4-8-15-30)31-24-28-20-22-33-37(27-12-5-3-6-13-27)26-38(34-23-21-29(25-31)40(28)41(33)34)36-18-11-17-35-32-16-9-10-19-39(32)44-42(35)36/h3-26H,1-2H3. The molecule has 0 aliphatic rings. The van der Waals surface area contributed by atoms with Gasteiger partial charge in [-0.15, -0.1) is 0 Å². The Morgan fingerprint density at radius 3 is 1.82 bits per heavy atom. The third-order valence-electron chi connectivity index (χ3n) is 9.71. The van der Waals surface area contributed by atoms with E-state index in [2.05, 4.69) is 153 Å². The molecule has 0 fully saturated rings. The van der Waals surface area contributed by atoms with Crippen molar-refractivity contribution in [1.82, 2.24) is 0 Å². The molecule has 9 aromatic rings. The van der Waals surface area contributed by atoms with Crippen LogP contribution in [0.3, 0.4) is 0 Å². The van der Waals surface area contributed by atoms with E-state index in [-0.39, 0.29) is 5.41 Å². The summed E-state index contributed by atoms with van der Waals surface area (Å²) >= 11 is 0. The lowest BCUT2D eigenvalue weighted by Gasteiger charge is -2.27. The van der Waals surface area contributed by atoms with Gasteiger partial charge in [0.25, 0.3) is 0 Å². The van der Waals surface area contributed by atoms with Crippen LogP contribution in [0.15, 0.2) is 150 Å². The molecule has 208 valence electrons. The highest BCUT2D eigenvalue weighted by Crippen LogP contribution is 2.47. The minimum absolute atomic E-state index is 0.122. The fourth-order valence-corrected chi connectivity index (χ4v) is 7.34. The van der Waals surface area contributed by atoms with Crippen LogP contribution in [0.4, 0.5) is 0 Å². The zero-order valence-corrected chi connectivity index (χ0v) is 24.8. The highest BCUT2D eigenvalue weighted by atomic mass is 16.3. The lowest BCUT2D eigenvalue weighted by Crippen LogP contribution is -2.18. The van der Waals surface area contributed by atoms with E-state index in [9.17, 15) is 0 Å². The van der Waals surface area contributed by atoms with E-state index in [0.29, 0.717) is 0 Å². The average molecular weight is 563 g/mol. The summed E-state index contributed by atoms with van der Waals surface area (Å²) in [6, 6.07) is 53.0. The maximum atomic E-state index is 6.57. The molecule has 44 heavy (non-hydrogen) atoms. The molecule has 1 nitrogen and oxygen atoms in total. The molecular formula is C43H30O. The van der Waals surface area contributed by atoms with Gasteiger partial charge in [0.1, 0.15) is 11.2 Å². The van der Waals surface area contributed by atoms with Crippen molar-refractivity contribution < 1.29 is 4.42 Å². The third-order valence-corrected chi connectivity index (χ3v) is 9.71. The van der Waals surface area contributed by atoms with Crippen molar-refractivity contribution in [2.75, 3.05) is 0 Å². The lowest BCUT2D eigenvalue weighted by molar-refractivity contribution is 0.642. The Hall–Kier alpha value is -5.40. The van der Waals surface area contributed by atoms with E-state index >= 15 is 0 Å². The van der Waals surface area contributed by atoms with E-state index in [1.54, 1.807) is 0 Å². The maximum absolute atomic E-state index is 6.57. The van der Waals surface area contributed by atoms with Crippen molar-refractivity contribution in [2.45, 2.75) is 19.3 Å². The van der Waals surface area contributed by atoms with Gasteiger partial charge in [0.2, 0.25) is 0 Å². The van der Waals surface area contributed by atoms with Crippen LogP contribution in [0.2, 0.25) is 0 Å². The Morgan fingerprint density at radius 1 is 0.432 bits per heavy atom. The quantitative estimate of drug-likeness (QED) is 0.194. The van der Waals surface area contributed by atoms with Crippen LogP contribution < -0.4 is 0 Å². The van der Waals surface area contributed by atoms with Gasteiger partial charge in [0, 0.05) is 21.8 Å². The molecule has 0 saturated carbocycles. The van der Waals surface area contributed by atoms with E-state index in [1.165, 1.54) is 60.1 Å². The summed E-state index contributed by atoms with van der Waals surface area (Å²) in [6.07, 6.45) is 0. The second-order valence-electron chi connectivity index (χ2n) is 12.5. The number of hydrogen-bond acceptors (Lipinski definition) is 1. The average Bonchev–Trinajstić information content (AvgIpc) is 3.46. The minimum Gasteiger partial charge on any atom is -0.455 e. The second-order valence-corrected chi connectivity index (χ2v) is 12.5. The van der Waals surface area contributed by atoms with Gasteiger partial charge in [-0.05, 0) is 72.3 Å². The number of fused-ring (bicyclic) bond motifs is 3. The largest absolute Gasteiger partial charge is 0.455 e. The Labute approximate surface area is 256 Å². The molecule has 0 aliphatic heterocycles. The predicted octanol–water partition coefficient (Wildman–Crippen LogP) is 12.1. The van der Waals surface area contributed by atoms with E-state index in [1.807, 2.05) is 6.07 Å².